The summed E-state index contributed by atoms with van der Waals surface area (Å²) < 4.78 is 0. The molecule has 86 valence electrons. The van der Waals surface area contributed by atoms with Crippen molar-refractivity contribution in [2.45, 2.75) is 78.0 Å². The number of nitrogens with one attached hydrogen (secondary N) is 1. The summed E-state index contributed by atoms with van der Waals surface area (Å²) in [6.45, 7) is 10.4. The molecule has 0 rings (SSSR count). The lowest BCUT2D eigenvalue weighted by Gasteiger charge is -2.21. The second-order valence-corrected chi connectivity index (χ2v) is 5.08. The molecule has 0 heterocycles. The second-order valence-electron chi connectivity index (χ2n) is 5.08. The number of rotatable bonds is 7. The van der Waals surface area contributed by atoms with Gasteiger partial charge in [0.1, 0.15) is 0 Å². The van der Waals surface area contributed by atoms with Crippen molar-refractivity contribution < 1.29 is 5.11 Å². The molecule has 0 saturated heterocycles. The highest BCUT2D eigenvalue weighted by Crippen LogP contribution is 2.13. The Morgan fingerprint density at radius 2 is 1.79 bits per heavy atom. The van der Waals surface area contributed by atoms with Gasteiger partial charge in [0.05, 0.1) is 5.60 Å². The van der Waals surface area contributed by atoms with Crippen LogP contribution in [0.25, 0.3) is 0 Å². The van der Waals surface area contributed by atoms with Crippen LogP contribution in [0.1, 0.15) is 60.3 Å². The summed E-state index contributed by atoms with van der Waals surface area (Å²) in [5, 5.41) is 13.1. The van der Waals surface area contributed by atoms with E-state index in [0.717, 1.165) is 19.3 Å². The maximum Gasteiger partial charge on any atom is 0.0591 e. The monoisotopic (exact) mass is 201 g/mol. The van der Waals surface area contributed by atoms with Crippen LogP contribution in [0, 0.1) is 0 Å². The first-order chi connectivity index (χ1) is 6.35. The third kappa shape index (κ3) is 8.52. The van der Waals surface area contributed by atoms with Crippen LogP contribution in [-0.2, 0) is 0 Å². The highest BCUT2D eigenvalue weighted by molar-refractivity contribution is 4.70. The molecular weight excluding hydrogens is 174 g/mol. The summed E-state index contributed by atoms with van der Waals surface area (Å²) in [5.74, 6) is 0. The van der Waals surface area contributed by atoms with Gasteiger partial charge in [-0.2, -0.15) is 0 Å². The van der Waals surface area contributed by atoms with Crippen molar-refractivity contribution in [1.29, 1.82) is 0 Å². The van der Waals surface area contributed by atoms with Crippen LogP contribution in [0.15, 0.2) is 0 Å². The lowest BCUT2D eigenvalue weighted by molar-refractivity contribution is 0.0674. The fourth-order valence-corrected chi connectivity index (χ4v) is 1.53. The maximum atomic E-state index is 9.54. The first kappa shape index (κ1) is 13.9. The van der Waals surface area contributed by atoms with Crippen LogP contribution in [0.4, 0.5) is 0 Å². The highest BCUT2D eigenvalue weighted by atomic mass is 16.3. The van der Waals surface area contributed by atoms with Crippen molar-refractivity contribution in [2.75, 3.05) is 0 Å². The van der Waals surface area contributed by atoms with E-state index in [-0.39, 0.29) is 0 Å². The van der Waals surface area contributed by atoms with E-state index in [1.165, 1.54) is 6.42 Å². The third-order valence-corrected chi connectivity index (χ3v) is 2.61. The predicted octanol–water partition coefficient (Wildman–Crippen LogP) is 2.70. The zero-order chi connectivity index (χ0) is 11.2. The molecule has 0 aromatic heterocycles. The van der Waals surface area contributed by atoms with Gasteiger partial charge < -0.3 is 10.4 Å². The van der Waals surface area contributed by atoms with Gasteiger partial charge in [-0.05, 0) is 53.4 Å². The Balaban J connectivity index is 3.49. The van der Waals surface area contributed by atoms with Crippen LogP contribution < -0.4 is 5.32 Å². The molecule has 0 radical (unpaired) electrons. The molecule has 0 aliphatic carbocycles. The van der Waals surface area contributed by atoms with E-state index in [9.17, 15) is 5.11 Å². The summed E-state index contributed by atoms with van der Waals surface area (Å²) in [6.07, 6.45) is 4.30. The van der Waals surface area contributed by atoms with Gasteiger partial charge in [0.15, 0.2) is 0 Å². The van der Waals surface area contributed by atoms with E-state index in [4.69, 9.17) is 0 Å². The quantitative estimate of drug-likeness (QED) is 0.664. The van der Waals surface area contributed by atoms with Crippen molar-refractivity contribution in [1.82, 2.24) is 5.32 Å². The molecule has 0 saturated carbocycles. The lowest BCUT2D eigenvalue weighted by atomic mass is 9.99. The third-order valence-electron chi connectivity index (χ3n) is 2.61. The van der Waals surface area contributed by atoms with Crippen molar-refractivity contribution in [3.8, 4) is 0 Å². The minimum absolute atomic E-state index is 0.504. The summed E-state index contributed by atoms with van der Waals surface area (Å²) >= 11 is 0. The van der Waals surface area contributed by atoms with Crippen LogP contribution in [0.5, 0.6) is 0 Å². The predicted molar refractivity (Wildman–Crippen MR) is 62.5 cm³/mol. The molecule has 0 spiro atoms. The molecule has 0 fully saturated rings. The Kier molecular flexibility index (Phi) is 6.38. The smallest absolute Gasteiger partial charge is 0.0591 e. The molecule has 2 unspecified atom stereocenters. The Labute approximate surface area is 89.1 Å². The van der Waals surface area contributed by atoms with Gasteiger partial charge in [-0.3, -0.25) is 0 Å². The number of aliphatic hydroxyl groups is 1. The molecule has 0 amide bonds. The SMILES string of the molecule is CCC(C)NC(C)CCCC(C)(C)O. The maximum absolute atomic E-state index is 9.54. The van der Waals surface area contributed by atoms with Gasteiger partial charge in [-0.1, -0.05) is 6.92 Å². The summed E-state index contributed by atoms with van der Waals surface area (Å²) in [7, 11) is 0. The van der Waals surface area contributed by atoms with Gasteiger partial charge in [-0.25, -0.2) is 0 Å². The topological polar surface area (TPSA) is 32.3 Å². The standard InChI is InChI=1S/C12H27NO/c1-6-10(2)13-11(3)8-7-9-12(4,5)14/h10-11,13-14H,6-9H2,1-5H3. The summed E-state index contributed by atoms with van der Waals surface area (Å²) in [5.41, 5.74) is -0.504. The van der Waals surface area contributed by atoms with Crippen LogP contribution in [0.3, 0.4) is 0 Å². The van der Waals surface area contributed by atoms with Crippen LogP contribution in [-0.4, -0.2) is 22.8 Å². The highest BCUT2D eigenvalue weighted by Gasteiger charge is 2.13. The molecule has 0 bridgehead atoms. The van der Waals surface area contributed by atoms with E-state index >= 15 is 0 Å². The minimum atomic E-state index is -0.504. The van der Waals surface area contributed by atoms with Crippen molar-refractivity contribution in [3.63, 3.8) is 0 Å². The molecule has 2 heteroatoms. The zero-order valence-electron chi connectivity index (χ0n) is 10.4. The fraction of sp³-hybridized carbons (Fsp3) is 1.00. The van der Waals surface area contributed by atoms with Crippen molar-refractivity contribution in [3.05, 3.63) is 0 Å². The Morgan fingerprint density at radius 1 is 1.21 bits per heavy atom. The van der Waals surface area contributed by atoms with Crippen LogP contribution >= 0.6 is 0 Å². The van der Waals surface area contributed by atoms with Gasteiger partial charge in [0, 0.05) is 12.1 Å². The number of hydrogen-bond donors (Lipinski definition) is 2. The Bertz CT molecular complexity index is 140. The minimum Gasteiger partial charge on any atom is -0.390 e. The van der Waals surface area contributed by atoms with Gasteiger partial charge in [0.2, 0.25) is 0 Å². The zero-order valence-corrected chi connectivity index (χ0v) is 10.4. The van der Waals surface area contributed by atoms with Gasteiger partial charge >= 0.3 is 0 Å². The molecule has 2 N–H and O–H groups in total. The molecule has 0 aliphatic heterocycles. The molecule has 0 aromatic rings. The van der Waals surface area contributed by atoms with E-state index in [1.807, 2.05) is 13.8 Å². The van der Waals surface area contributed by atoms with Gasteiger partial charge in [-0.15, -0.1) is 0 Å². The van der Waals surface area contributed by atoms with Crippen molar-refractivity contribution >= 4 is 0 Å². The molecule has 0 aliphatic rings. The van der Waals surface area contributed by atoms with Gasteiger partial charge in [0.25, 0.3) is 0 Å². The molecule has 2 atom stereocenters. The molecular formula is C12H27NO. The van der Waals surface area contributed by atoms with E-state index in [1.54, 1.807) is 0 Å². The number of hydrogen-bond acceptors (Lipinski definition) is 2. The van der Waals surface area contributed by atoms with E-state index in [0.29, 0.717) is 12.1 Å². The second kappa shape index (κ2) is 6.41. The average molecular weight is 201 g/mol. The van der Waals surface area contributed by atoms with E-state index in [2.05, 4.69) is 26.1 Å². The molecule has 2 nitrogen and oxygen atoms in total. The summed E-state index contributed by atoms with van der Waals surface area (Å²) in [6, 6.07) is 1.17. The normalized spacial score (nSPS) is 16.7. The summed E-state index contributed by atoms with van der Waals surface area (Å²) in [4.78, 5) is 0. The lowest BCUT2D eigenvalue weighted by Crippen LogP contribution is -2.34. The Hall–Kier alpha value is -0.0800. The first-order valence-electron chi connectivity index (χ1n) is 5.83. The first-order valence-corrected chi connectivity index (χ1v) is 5.83. The van der Waals surface area contributed by atoms with E-state index < -0.39 is 5.60 Å². The largest absolute Gasteiger partial charge is 0.390 e. The van der Waals surface area contributed by atoms with Crippen molar-refractivity contribution in [2.24, 2.45) is 0 Å². The Morgan fingerprint density at radius 3 is 2.21 bits per heavy atom. The fourth-order valence-electron chi connectivity index (χ4n) is 1.53. The molecule has 14 heavy (non-hydrogen) atoms. The average Bonchev–Trinajstić information content (AvgIpc) is 2.01. The molecule has 0 aromatic carbocycles. The van der Waals surface area contributed by atoms with Crippen LogP contribution in [0.2, 0.25) is 0 Å².